The summed E-state index contributed by atoms with van der Waals surface area (Å²) in [6.45, 7) is 5.76. The Morgan fingerprint density at radius 2 is 2.31 bits per heavy atom. The van der Waals surface area contributed by atoms with Crippen LogP contribution in [-0.2, 0) is 17.6 Å². The Labute approximate surface area is 78.2 Å². The zero-order valence-electron chi connectivity index (χ0n) is 8.33. The fourth-order valence-electron chi connectivity index (χ4n) is 1.12. The lowest BCUT2D eigenvalue weighted by Crippen LogP contribution is -1.94. The average molecular weight is 181 g/mol. The monoisotopic (exact) mass is 181 g/mol. The van der Waals surface area contributed by atoms with Crippen LogP contribution in [0.25, 0.3) is 0 Å². The van der Waals surface area contributed by atoms with E-state index in [0.29, 0.717) is 18.1 Å². The summed E-state index contributed by atoms with van der Waals surface area (Å²) in [5.41, 5.74) is 0. The van der Waals surface area contributed by atoms with Gasteiger partial charge in [0, 0.05) is 6.42 Å². The van der Waals surface area contributed by atoms with E-state index in [1.807, 2.05) is 0 Å². The Hall–Kier alpha value is -1.12. The highest BCUT2D eigenvalue weighted by Gasteiger charge is 2.07. The number of hydrogen-bond acceptors (Lipinski definition) is 3. The summed E-state index contributed by atoms with van der Waals surface area (Å²) >= 11 is 0. The molecule has 0 amide bonds. The smallest absolute Gasteiger partial charge is 0.194 e. The largest absolute Gasteiger partial charge is 0.445 e. The van der Waals surface area contributed by atoms with Crippen LogP contribution in [-0.4, -0.2) is 10.8 Å². The summed E-state index contributed by atoms with van der Waals surface area (Å²) in [5, 5.41) is 0. The van der Waals surface area contributed by atoms with E-state index in [1.54, 1.807) is 13.1 Å². The van der Waals surface area contributed by atoms with Crippen molar-refractivity contribution in [3.8, 4) is 0 Å². The van der Waals surface area contributed by atoms with Gasteiger partial charge in [0.25, 0.3) is 0 Å². The minimum atomic E-state index is 0.104. The number of rotatable bonds is 4. The van der Waals surface area contributed by atoms with Gasteiger partial charge in [-0.3, -0.25) is 4.79 Å². The summed E-state index contributed by atoms with van der Waals surface area (Å²) in [5.74, 6) is 2.03. The highest BCUT2D eigenvalue weighted by Crippen LogP contribution is 2.09. The predicted molar refractivity (Wildman–Crippen MR) is 49.4 cm³/mol. The van der Waals surface area contributed by atoms with E-state index in [4.69, 9.17) is 4.42 Å². The number of aromatic nitrogens is 1. The van der Waals surface area contributed by atoms with Crippen LogP contribution in [0.4, 0.5) is 0 Å². The van der Waals surface area contributed by atoms with Crippen molar-refractivity contribution < 1.29 is 9.21 Å². The lowest BCUT2D eigenvalue weighted by molar-refractivity contribution is -0.116. The third-order valence-corrected chi connectivity index (χ3v) is 1.61. The molecule has 0 saturated heterocycles. The van der Waals surface area contributed by atoms with Gasteiger partial charge in [-0.2, -0.15) is 0 Å². The fourth-order valence-corrected chi connectivity index (χ4v) is 1.12. The third-order valence-electron chi connectivity index (χ3n) is 1.61. The van der Waals surface area contributed by atoms with E-state index in [1.165, 1.54) is 0 Å². The topological polar surface area (TPSA) is 43.1 Å². The van der Waals surface area contributed by atoms with E-state index < -0.39 is 0 Å². The van der Waals surface area contributed by atoms with Crippen LogP contribution in [0.3, 0.4) is 0 Å². The molecule has 72 valence electrons. The zero-order chi connectivity index (χ0) is 9.84. The number of ketones is 1. The molecule has 1 aromatic heterocycles. The van der Waals surface area contributed by atoms with Crippen molar-refractivity contribution >= 4 is 5.78 Å². The van der Waals surface area contributed by atoms with Crippen molar-refractivity contribution in [3.05, 3.63) is 17.8 Å². The van der Waals surface area contributed by atoms with Gasteiger partial charge in [0.2, 0.25) is 0 Å². The highest BCUT2D eigenvalue weighted by molar-refractivity contribution is 5.77. The lowest BCUT2D eigenvalue weighted by atomic mass is 10.1. The number of carbonyl (C=O) groups excluding carboxylic acids is 1. The Balaban J connectivity index is 2.58. The number of oxazole rings is 1. The van der Waals surface area contributed by atoms with Crippen LogP contribution in [0.1, 0.15) is 32.4 Å². The minimum absolute atomic E-state index is 0.104. The quantitative estimate of drug-likeness (QED) is 0.713. The predicted octanol–water partition coefficient (Wildman–Crippen LogP) is 2.00. The zero-order valence-corrected chi connectivity index (χ0v) is 8.33. The normalized spacial score (nSPS) is 10.8. The molecule has 0 fully saturated rings. The molecule has 13 heavy (non-hydrogen) atoms. The van der Waals surface area contributed by atoms with Crippen LogP contribution in [0.2, 0.25) is 0 Å². The van der Waals surface area contributed by atoms with E-state index in [9.17, 15) is 4.79 Å². The third kappa shape index (κ3) is 3.40. The molecule has 0 atom stereocenters. The van der Waals surface area contributed by atoms with E-state index in [-0.39, 0.29) is 5.78 Å². The molecule has 1 heterocycles. The number of hydrogen-bond donors (Lipinski definition) is 0. The first kappa shape index (κ1) is 9.96. The SMILES string of the molecule is CC(=O)Cc1cnc(CC(C)C)o1. The van der Waals surface area contributed by atoms with Crippen molar-refractivity contribution in [1.82, 2.24) is 4.98 Å². The van der Waals surface area contributed by atoms with Crippen LogP contribution in [0.15, 0.2) is 10.6 Å². The molecule has 0 saturated carbocycles. The Morgan fingerprint density at radius 1 is 1.62 bits per heavy atom. The molecule has 1 rings (SSSR count). The van der Waals surface area contributed by atoms with Gasteiger partial charge in [0.1, 0.15) is 11.5 Å². The van der Waals surface area contributed by atoms with Gasteiger partial charge in [-0.1, -0.05) is 13.8 Å². The molecule has 0 unspecified atom stereocenters. The summed E-state index contributed by atoms with van der Waals surface area (Å²) in [6.07, 6.45) is 2.82. The molecule has 3 heteroatoms. The second kappa shape index (κ2) is 4.21. The molecular formula is C10H15NO2. The maximum Gasteiger partial charge on any atom is 0.194 e. The summed E-state index contributed by atoms with van der Waals surface area (Å²) in [4.78, 5) is 14.8. The molecule has 3 nitrogen and oxygen atoms in total. The summed E-state index contributed by atoms with van der Waals surface area (Å²) < 4.78 is 5.37. The van der Waals surface area contributed by atoms with Crippen LogP contribution < -0.4 is 0 Å². The highest BCUT2D eigenvalue weighted by atomic mass is 16.4. The molecule has 1 aromatic rings. The van der Waals surface area contributed by atoms with Gasteiger partial charge in [-0.25, -0.2) is 4.98 Å². The Morgan fingerprint density at radius 3 is 2.85 bits per heavy atom. The molecule has 0 N–H and O–H groups in total. The maximum atomic E-state index is 10.8. The number of carbonyl (C=O) groups is 1. The fraction of sp³-hybridized carbons (Fsp3) is 0.600. The molecule has 0 bridgehead atoms. The second-order valence-electron chi connectivity index (χ2n) is 3.70. The minimum Gasteiger partial charge on any atom is -0.445 e. The van der Waals surface area contributed by atoms with Crippen molar-refractivity contribution in [2.24, 2.45) is 5.92 Å². The van der Waals surface area contributed by atoms with Gasteiger partial charge < -0.3 is 4.42 Å². The van der Waals surface area contributed by atoms with Crippen LogP contribution in [0, 0.1) is 5.92 Å². The standard InChI is InChI=1S/C10H15NO2/c1-7(2)4-10-11-6-9(13-10)5-8(3)12/h6-7H,4-5H2,1-3H3. The van der Waals surface area contributed by atoms with E-state index in [0.717, 1.165) is 12.3 Å². The molecule has 0 aliphatic carbocycles. The maximum absolute atomic E-state index is 10.8. The van der Waals surface area contributed by atoms with Gasteiger partial charge >= 0.3 is 0 Å². The van der Waals surface area contributed by atoms with Crippen molar-refractivity contribution in [2.75, 3.05) is 0 Å². The summed E-state index contributed by atoms with van der Waals surface area (Å²) in [6, 6.07) is 0. The first-order valence-electron chi connectivity index (χ1n) is 4.51. The van der Waals surface area contributed by atoms with E-state index in [2.05, 4.69) is 18.8 Å². The number of nitrogens with zero attached hydrogens (tertiary/aromatic N) is 1. The molecule has 0 spiro atoms. The van der Waals surface area contributed by atoms with Gasteiger partial charge in [0.05, 0.1) is 12.6 Å². The van der Waals surface area contributed by atoms with Crippen LogP contribution in [0.5, 0.6) is 0 Å². The molecule has 0 aliphatic rings. The Kier molecular flexibility index (Phi) is 3.23. The molecule has 0 radical (unpaired) electrons. The van der Waals surface area contributed by atoms with Gasteiger partial charge in [0.15, 0.2) is 5.89 Å². The number of Topliss-reactive ketones (excluding diaryl/α,β-unsaturated/α-hetero) is 1. The van der Waals surface area contributed by atoms with Gasteiger partial charge in [-0.15, -0.1) is 0 Å². The first-order chi connectivity index (χ1) is 6.08. The lowest BCUT2D eigenvalue weighted by Gasteiger charge is -1.97. The first-order valence-corrected chi connectivity index (χ1v) is 4.51. The molecule has 0 aromatic carbocycles. The second-order valence-corrected chi connectivity index (χ2v) is 3.70. The molecule has 0 aliphatic heterocycles. The van der Waals surface area contributed by atoms with Crippen molar-refractivity contribution in [1.29, 1.82) is 0 Å². The van der Waals surface area contributed by atoms with Crippen LogP contribution >= 0.6 is 0 Å². The average Bonchev–Trinajstić information content (AvgIpc) is 2.33. The van der Waals surface area contributed by atoms with Gasteiger partial charge in [-0.05, 0) is 12.8 Å². The molecular weight excluding hydrogens is 166 g/mol. The summed E-state index contributed by atoms with van der Waals surface area (Å²) in [7, 11) is 0. The Bertz CT molecular complexity index is 289. The van der Waals surface area contributed by atoms with Crippen molar-refractivity contribution in [2.45, 2.75) is 33.6 Å². The van der Waals surface area contributed by atoms with E-state index >= 15 is 0 Å². The van der Waals surface area contributed by atoms with Crippen molar-refractivity contribution in [3.63, 3.8) is 0 Å².